The standard InChI is InChI=1S/C19H19ClN2O5/c1-11-6-14(26-10-17(23)24)4-5-16(11)22-18(25)13-7-15(20)19(21-8-13)27-9-12-2-3-12/h4-8,12H,2-3,9-10H2,1H3,(H,22,25)(H,23,24). The molecule has 0 saturated heterocycles. The zero-order valence-corrected chi connectivity index (χ0v) is 15.5. The summed E-state index contributed by atoms with van der Waals surface area (Å²) in [6, 6.07) is 6.41. The topological polar surface area (TPSA) is 97.8 Å². The molecule has 3 rings (SSSR count). The van der Waals surface area contributed by atoms with Crippen LogP contribution in [-0.2, 0) is 4.79 Å². The van der Waals surface area contributed by atoms with Crippen LogP contribution in [0, 0.1) is 12.8 Å². The second-order valence-electron chi connectivity index (χ2n) is 6.38. The molecule has 1 saturated carbocycles. The first kappa shape index (κ1) is 19.0. The van der Waals surface area contributed by atoms with Crippen molar-refractivity contribution in [1.82, 2.24) is 4.98 Å². The van der Waals surface area contributed by atoms with Crippen LogP contribution >= 0.6 is 11.6 Å². The molecule has 0 radical (unpaired) electrons. The maximum absolute atomic E-state index is 12.4. The Hall–Kier alpha value is -2.80. The Morgan fingerprint density at radius 3 is 2.70 bits per heavy atom. The SMILES string of the molecule is Cc1cc(OCC(=O)O)ccc1NC(=O)c1cnc(OCC2CC2)c(Cl)c1. The monoisotopic (exact) mass is 390 g/mol. The Balaban J connectivity index is 1.63. The molecule has 7 nitrogen and oxygen atoms in total. The molecule has 1 aromatic heterocycles. The van der Waals surface area contributed by atoms with E-state index < -0.39 is 12.6 Å². The van der Waals surface area contributed by atoms with Crippen LogP contribution in [0.1, 0.15) is 28.8 Å². The molecular formula is C19H19ClN2O5. The van der Waals surface area contributed by atoms with Gasteiger partial charge in [0.25, 0.3) is 5.91 Å². The third-order valence-electron chi connectivity index (χ3n) is 4.03. The Kier molecular flexibility index (Phi) is 5.81. The zero-order chi connectivity index (χ0) is 19.4. The highest BCUT2D eigenvalue weighted by Gasteiger charge is 2.23. The number of carboxylic acid groups (broad SMARTS) is 1. The van der Waals surface area contributed by atoms with Gasteiger partial charge in [0.1, 0.15) is 10.8 Å². The molecule has 0 atom stereocenters. The van der Waals surface area contributed by atoms with Gasteiger partial charge >= 0.3 is 5.97 Å². The normalized spacial score (nSPS) is 13.1. The van der Waals surface area contributed by atoms with Crippen molar-refractivity contribution in [3.8, 4) is 11.6 Å². The zero-order valence-electron chi connectivity index (χ0n) is 14.7. The number of carbonyl (C=O) groups is 2. The second kappa shape index (κ2) is 8.26. The average molecular weight is 391 g/mol. The molecule has 1 aromatic carbocycles. The van der Waals surface area contributed by atoms with E-state index in [1.807, 2.05) is 0 Å². The number of pyridine rings is 1. The number of anilines is 1. The van der Waals surface area contributed by atoms with Crippen LogP contribution < -0.4 is 14.8 Å². The Morgan fingerprint density at radius 1 is 1.30 bits per heavy atom. The first-order valence-corrected chi connectivity index (χ1v) is 8.85. The molecule has 2 aromatic rings. The first-order valence-electron chi connectivity index (χ1n) is 8.47. The molecule has 0 bridgehead atoms. The lowest BCUT2D eigenvalue weighted by atomic mass is 10.1. The summed E-state index contributed by atoms with van der Waals surface area (Å²) in [7, 11) is 0. The Bertz CT molecular complexity index is 867. The maximum Gasteiger partial charge on any atom is 0.341 e. The lowest BCUT2D eigenvalue weighted by Crippen LogP contribution is -2.14. The van der Waals surface area contributed by atoms with Gasteiger partial charge in [0.05, 0.1) is 12.2 Å². The molecule has 0 aliphatic heterocycles. The number of hydrogen-bond donors (Lipinski definition) is 2. The number of halogens is 1. The van der Waals surface area contributed by atoms with Gasteiger partial charge in [-0.05, 0) is 55.5 Å². The number of aryl methyl sites for hydroxylation is 1. The summed E-state index contributed by atoms with van der Waals surface area (Å²) in [5.41, 5.74) is 1.62. The van der Waals surface area contributed by atoms with E-state index in [0.29, 0.717) is 35.4 Å². The van der Waals surface area contributed by atoms with Gasteiger partial charge in [-0.3, -0.25) is 4.79 Å². The quantitative estimate of drug-likeness (QED) is 0.715. The number of carboxylic acids is 1. The lowest BCUT2D eigenvalue weighted by molar-refractivity contribution is -0.139. The third-order valence-corrected chi connectivity index (χ3v) is 4.30. The number of aliphatic carboxylic acids is 1. The van der Waals surface area contributed by atoms with Gasteiger partial charge < -0.3 is 19.9 Å². The fourth-order valence-electron chi connectivity index (χ4n) is 2.34. The number of hydrogen-bond acceptors (Lipinski definition) is 5. The maximum atomic E-state index is 12.4. The molecule has 142 valence electrons. The van der Waals surface area contributed by atoms with Crippen LogP contribution in [0.2, 0.25) is 5.02 Å². The summed E-state index contributed by atoms with van der Waals surface area (Å²) in [5.74, 6) is -0.0957. The number of amides is 1. The van der Waals surface area contributed by atoms with Crippen molar-refractivity contribution in [1.29, 1.82) is 0 Å². The molecule has 1 heterocycles. The van der Waals surface area contributed by atoms with Gasteiger partial charge in [-0.2, -0.15) is 0 Å². The van der Waals surface area contributed by atoms with Crippen molar-refractivity contribution in [3.63, 3.8) is 0 Å². The highest BCUT2D eigenvalue weighted by Crippen LogP contribution is 2.31. The number of nitrogens with zero attached hydrogens (tertiary/aromatic N) is 1. The van der Waals surface area contributed by atoms with Crippen LogP contribution in [0.3, 0.4) is 0 Å². The van der Waals surface area contributed by atoms with Crippen molar-refractivity contribution < 1.29 is 24.2 Å². The molecule has 8 heteroatoms. The van der Waals surface area contributed by atoms with Crippen molar-refractivity contribution in [2.45, 2.75) is 19.8 Å². The first-order chi connectivity index (χ1) is 12.9. The van der Waals surface area contributed by atoms with E-state index in [1.165, 1.54) is 12.3 Å². The minimum atomic E-state index is -1.06. The summed E-state index contributed by atoms with van der Waals surface area (Å²) >= 11 is 6.16. The van der Waals surface area contributed by atoms with Crippen LogP contribution in [0.5, 0.6) is 11.6 Å². The molecular weight excluding hydrogens is 372 g/mol. The summed E-state index contributed by atoms with van der Waals surface area (Å²) in [6.07, 6.45) is 3.75. The average Bonchev–Trinajstić information content (AvgIpc) is 3.45. The molecule has 1 amide bonds. The number of benzene rings is 1. The molecule has 2 N–H and O–H groups in total. The van der Waals surface area contributed by atoms with Gasteiger partial charge in [-0.15, -0.1) is 0 Å². The van der Waals surface area contributed by atoms with Gasteiger partial charge in [0, 0.05) is 11.9 Å². The summed E-state index contributed by atoms with van der Waals surface area (Å²) < 4.78 is 10.7. The van der Waals surface area contributed by atoms with E-state index in [-0.39, 0.29) is 10.9 Å². The molecule has 27 heavy (non-hydrogen) atoms. The number of nitrogens with one attached hydrogen (secondary N) is 1. The Labute approximate surface area is 161 Å². The predicted molar refractivity (Wildman–Crippen MR) is 99.7 cm³/mol. The Morgan fingerprint density at radius 2 is 2.07 bits per heavy atom. The highest BCUT2D eigenvalue weighted by atomic mass is 35.5. The number of rotatable bonds is 8. The second-order valence-corrected chi connectivity index (χ2v) is 6.79. The highest BCUT2D eigenvalue weighted by molar-refractivity contribution is 6.32. The smallest absolute Gasteiger partial charge is 0.341 e. The van der Waals surface area contributed by atoms with Gasteiger partial charge in [-0.1, -0.05) is 11.6 Å². The third kappa shape index (κ3) is 5.34. The largest absolute Gasteiger partial charge is 0.482 e. The van der Waals surface area contributed by atoms with E-state index in [4.69, 9.17) is 26.2 Å². The van der Waals surface area contributed by atoms with Gasteiger partial charge in [-0.25, -0.2) is 9.78 Å². The van der Waals surface area contributed by atoms with Crippen molar-refractivity contribution in [2.75, 3.05) is 18.5 Å². The van der Waals surface area contributed by atoms with Crippen molar-refractivity contribution in [2.24, 2.45) is 5.92 Å². The van der Waals surface area contributed by atoms with E-state index >= 15 is 0 Å². The number of aromatic nitrogens is 1. The fourth-order valence-corrected chi connectivity index (χ4v) is 2.56. The van der Waals surface area contributed by atoms with Crippen LogP contribution in [0.4, 0.5) is 5.69 Å². The fraction of sp³-hybridized carbons (Fsp3) is 0.316. The van der Waals surface area contributed by atoms with E-state index in [1.54, 1.807) is 25.1 Å². The van der Waals surface area contributed by atoms with Crippen molar-refractivity contribution in [3.05, 3.63) is 46.6 Å². The van der Waals surface area contributed by atoms with Crippen LogP contribution in [-0.4, -0.2) is 35.2 Å². The predicted octanol–water partition coefficient (Wildman–Crippen LogP) is 3.55. The van der Waals surface area contributed by atoms with Crippen LogP contribution in [0.15, 0.2) is 30.5 Å². The summed E-state index contributed by atoms with van der Waals surface area (Å²) in [6.45, 7) is 1.95. The van der Waals surface area contributed by atoms with Crippen molar-refractivity contribution >= 4 is 29.2 Å². The van der Waals surface area contributed by atoms with E-state index in [2.05, 4.69) is 10.3 Å². The van der Waals surface area contributed by atoms with Gasteiger partial charge in [0.2, 0.25) is 5.88 Å². The van der Waals surface area contributed by atoms with Gasteiger partial charge in [0.15, 0.2) is 6.61 Å². The molecule has 1 aliphatic carbocycles. The van der Waals surface area contributed by atoms with Crippen LogP contribution in [0.25, 0.3) is 0 Å². The number of carbonyl (C=O) groups excluding carboxylic acids is 1. The minimum absolute atomic E-state index is 0.289. The summed E-state index contributed by atoms with van der Waals surface area (Å²) in [5, 5.41) is 11.7. The van der Waals surface area contributed by atoms with E-state index in [9.17, 15) is 9.59 Å². The number of ether oxygens (including phenoxy) is 2. The molecule has 0 unspecified atom stereocenters. The molecule has 1 fully saturated rings. The van der Waals surface area contributed by atoms with E-state index in [0.717, 1.165) is 18.4 Å². The summed E-state index contributed by atoms with van der Waals surface area (Å²) in [4.78, 5) is 27.1. The lowest BCUT2D eigenvalue weighted by Gasteiger charge is -2.11. The molecule has 0 spiro atoms. The minimum Gasteiger partial charge on any atom is -0.482 e. The molecule has 1 aliphatic rings.